The van der Waals surface area contributed by atoms with Crippen LogP contribution in [0.5, 0.6) is 0 Å². The van der Waals surface area contributed by atoms with Gasteiger partial charge in [-0.15, -0.1) is 23.5 Å². The van der Waals surface area contributed by atoms with Gasteiger partial charge in [-0.05, 0) is 25.7 Å². The summed E-state index contributed by atoms with van der Waals surface area (Å²) in [5.74, 6) is 2.86. The fraction of sp³-hybridized carbons (Fsp3) is 0.889. The Hall–Kier alpha value is 0.370. The van der Waals surface area contributed by atoms with Gasteiger partial charge in [0.15, 0.2) is 0 Å². The first-order valence-corrected chi connectivity index (χ1v) is 6.47. The minimum Gasteiger partial charge on any atom is -0.291 e. The van der Waals surface area contributed by atoms with Crippen LogP contribution in [-0.2, 0) is 4.79 Å². The third-order valence-electron chi connectivity index (χ3n) is 2.73. The smallest absolute Gasteiger partial charge is 0.201 e. The van der Waals surface area contributed by atoms with E-state index in [0.29, 0.717) is 4.08 Å². The lowest BCUT2D eigenvalue weighted by atomic mass is 9.90. The highest BCUT2D eigenvalue weighted by Crippen LogP contribution is 2.53. The van der Waals surface area contributed by atoms with Crippen LogP contribution in [0, 0.1) is 5.92 Å². The maximum absolute atomic E-state index is 10.4. The normalized spacial score (nSPS) is 29.3. The molecule has 1 saturated heterocycles. The first kappa shape index (κ1) is 8.95. The molecule has 12 heavy (non-hydrogen) atoms. The molecule has 1 heterocycles. The lowest BCUT2D eigenvalue weighted by Crippen LogP contribution is -2.25. The van der Waals surface area contributed by atoms with Gasteiger partial charge >= 0.3 is 0 Å². The van der Waals surface area contributed by atoms with Crippen LogP contribution in [-0.4, -0.2) is 21.9 Å². The highest BCUT2D eigenvalue weighted by molar-refractivity contribution is 8.21. The molecule has 0 unspecified atom stereocenters. The predicted molar refractivity (Wildman–Crippen MR) is 55.3 cm³/mol. The van der Waals surface area contributed by atoms with Gasteiger partial charge < -0.3 is 0 Å². The summed E-state index contributed by atoms with van der Waals surface area (Å²) in [5, 5.41) is 0. The molecule has 3 heteroatoms. The van der Waals surface area contributed by atoms with E-state index in [-0.39, 0.29) is 5.92 Å². The van der Waals surface area contributed by atoms with Crippen LogP contribution >= 0.6 is 23.5 Å². The zero-order chi connectivity index (χ0) is 8.44. The molecule has 0 aromatic rings. The van der Waals surface area contributed by atoms with E-state index in [1.54, 1.807) is 0 Å². The van der Waals surface area contributed by atoms with E-state index in [2.05, 4.69) is 29.8 Å². The Kier molecular flexibility index (Phi) is 2.70. The molecule has 1 saturated carbocycles. The van der Waals surface area contributed by atoms with Crippen molar-refractivity contribution >= 4 is 29.8 Å². The van der Waals surface area contributed by atoms with E-state index in [1.165, 1.54) is 24.3 Å². The van der Waals surface area contributed by atoms with Gasteiger partial charge in [-0.25, -0.2) is 0 Å². The van der Waals surface area contributed by atoms with Gasteiger partial charge in [0.1, 0.15) is 0 Å². The molecule has 0 amide bonds. The van der Waals surface area contributed by atoms with Crippen LogP contribution in [0.25, 0.3) is 0 Å². The Morgan fingerprint density at radius 3 is 2.25 bits per heavy atom. The van der Waals surface area contributed by atoms with Crippen molar-refractivity contribution in [2.75, 3.05) is 11.5 Å². The first-order chi connectivity index (χ1) is 5.85. The van der Waals surface area contributed by atoms with Crippen molar-refractivity contribution in [3.8, 4) is 0 Å². The summed E-state index contributed by atoms with van der Waals surface area (Å²) in [7, 11) is 0. The Morgan fingerprint density at radius 2 is 1.75 bits per heavy atom. The lowest BCUT2D eigenvalue weighted by Gasteiger charge is -2.33. The summed E-state index contributed by atoms with van der Waals surface area (Å²) in [6.45, 7) is 0. The number of thioether (sulfide) groups is 2. The predicted octanol–water partition coefficient (Wildman–Crippen LogP) is 2.46. The molecule has 1 aliphatic heterocycles. The zero-order valence-corrected chi connectivity index (χ0v) is 8.68. The van der Waals surface area contributed by atoms with Crippen LogP contribution in [0.2, 0.25) is 0 Å². The Labute approximate surface area is 82.1 Å². The largest absolute Gasteiger partial charge is 0.291 e. The van der Waals surface area contributed by atoms with Gasteiger partial charge in [0.05, 0.1) is 4.08 Å². The van der Waals surface area contributed by atoms with Gasteiger partial charge in [0, 0.05) is 17.4 Å². The molecule has 0 aromatic carbocycles. The molecule has 0 N–H and O–H groups in total. The molecule has 2 fully saturated rings. The molecule has 1 radical (unpaired) electrons. The first-order valence-electron chi connectivity index (χ1n) is 4.50. The second-order valence-corrected chi connectivity index (χ2v) is 6.71. The van der Waals surface area contributed by atoms with E-state index in [0.717, 1.165) is 12.8 Å². The molecular formula is C9H13OS2. The molecule has 67 valence electrons. The van der Waals surface area contributed by atoms with Crippen molar-refractivity contribution in [3.05, 3.63) is 0 Å². The molecule has 0 atom stereocenters. The van der Waals surface area contributed by atoms with E-state index in [9.17, 15) is 4.79 Å². The standard InChI is InChI=1S/C9H13OS2/c10-7-8-1-3-9(4-2-8)11-5-6-12-9/h8H,1-6H2. The lowest BCUT2D eigenvalue weighted by molar-refractivity contribution is 0.408. The fourth-order valence-corrected chi connectivity index (χ4v) is 5.25. The summed E-state index contributed by atoms with van der Waals surface area (Å²) in [4.78, 5) is 10.4. The molecule has 1 nitrogen and oxygen atoms in total. The number of carbonyl (C=O) groups excluding carboxylic acids is 1. The third-order valence-corrected chi connectivity index (χ3v) is 6.38. The second kappa shape index (κ2) is 3.62. The Morgan fingerprint density at radius 1 is 1.17 bits per heavy atom. The maximum Gasteiger partial charge on any atom is 0.201 e. The van der Waals surface area contributed by atoms with E-state index >= 15 is 0 Å². The number of hydrogen-bond acceptors (Lipinski definition) is 3. The van der Waals surface area contributed by atoms with Crippen LogP contribution < -0.4 is 0 Å². The fourth-order valence-electron chi connectivity index (χ4n) is 1.96. The Balaban J connectivity index is 1.92. The maximum atomic E-state index is 10.4. The molecule has 1 aliphatic carbocycles. The van der Waals surface area contributed by atoms with E-state index < -0.39 is 0 Å². The van der Waals surface area contributed by atoms with Crippen molar-refractivity contribution in [1.29, 1.82) is 0 Å². The van der Waals surface area contributed by atoms with Gasteiger partial charge in [-0.3, -0.25) is 4.79 Å². The molecule has 2 rings (SSSR count). The molecule has 1 spiro atoms. The SMILES string of the molecule is O=[C]C1CCC2(CC1)SCCS2. The average molecular weight is 201 g/mol. The third kappa shape index (κ3) is 1.67. The monoisotopic (exact) mass is 201 g/mol. The zero-order valence-electron chi connectivity index (χ0n) is 7.04. The Bertz CT molecular complexity index is 165. The quantitative estimate of drug-likeness (QED) is 0.649. The average Bonchev–Trinajstić information content (AvgIpc) is 2.55. The van der Waals surface area contributed by atoms with Crippen LogP contribution in [0.15, 0.2) is 0 Å². The highest BCUT2D eigenvalue weighted by Gasteiger charge is 2.39. The van der Waals surface area contributed by atoms with Gasteiger partial charge in [0.25, 0.3) is 0 Å². The summed E-state index contributed by atoms with van der Waals surface area (Å²) in [5.41, 5.74) is 0. The van der Waals surface area contributed by atoms with Gasteiger partial charge in [0.2, 0.25) is 6.29 Å². The molecule has 0 bridgehead atoms. The summed E-state index contributed by atoms with van der Waals surface area (Å²) < 4.78 is 0.507. The van der Waals surface area contributed by atoms with Gasteiger partial charge in [-0.2, -0.15) is 0 Å². The van der Waals surface area contributed by atoms with Crippen LogP contribution in [0.4, 0.5) is 0 Å². The minimum absolute atomic E-state index is 0.248. The van der Waals surface area contributed by atoms with Crippen molar-refractivity contribution in [1.82, 2.24) is 0 Å². The minimum atomic E-state index is 0.248. The number of rotatable bonds is 1. The summed E-state index contributed by atoms with van der Waals surface area (Å²) >= 11 is 4.22. The van der Waals surface area contributed by atoms with Crippen molar-refractivity contribution in [3.63, 3.8) is 0 Å². The van der Waals surface area contributed by atoms with Crippen molar-refractivity contribution < 1.29 is 4.79 Å². The van der Waals surface area contributed by atoms with E-state index in [1.807, 2.05) is 0 Å². The van der Waals surface area contributed by atoms with Crippen molar-refractivity contribution in [2.45, 2.75) is 29.8 Å². The summed E-state index contributed by atoms with van der Waals surface area (Å²) in [6.07, 6.45) is 6.74. The summed E-state index contributed by atoms with van der Waals surface area (Å²) in [6, 6.07) is 0. The topological polar surface area (TPSA) is 17.1 Å². The second-order valence-electron chi connectivity index (χ2n) is 3.50. The highest BCUT2D eigenvalue weighted by atomic mass is 32.2. The van der Waals surface area contributed by atoms with Crippen LogP contribution in [0.3, 0.4) is 0 Å². The van der Waals surface area contributed by atoms with Crippen molar-refractivity contribution in [2.24, 2.45) is 5.92 Å². The number of hydrogen-bond donors (Lipinski definition) is 0. The molecule has 2 aliphatic rings. The van der Waals surface area contributed by atoms with E-state index in [4.69, 9.17) is 0 Å². The molecular weight excluding hydrogens is 188 g/mol. The van der Waals surface area contributed by atoms with Crippen LogP contribution in [0.1, 0.15) is 25.7 Å². The van der Waals surface area contributed by atoms with Gasteiger partial charge in [-0.1, -0.05) is 0 Å². The molecule has 0 aromatic heterocycles.